The molecule has 0 fully saturated rings. The van der Waals surface area contributed by atoms with Crippen LogP contribution in [-0.4, -0.2) is 0 Å². The Bertz CT molecular complexity index is 3170. The highest BCUT2D eigenvalue weighted by Gasteiger charge is 2.52. The SMILES string of the molecule is c1ccc(C(Cc2ccc3c(c2)C2(c4ccccc4-3)c3cc4ccccc4cc3-c3c2ccc2ccccc32)Cc2ccc3oc4ccccc4c3c2)cc1. The molecule has 0 saturated carbocycles. The van der Waals surface area contributed by atoms with Crippen molar-refractivity contribution in [3.05, 3.63) is 227 Å². The van der Waals surface area contributed by atoms with Crippen LogP contribution in [0.4, 0.5) is 0 Å². The first-order chi connectivity index (χ1) is 27.2. The minimum absolute atomic E-state index is 0.297. The summed E-state index contributed by atoms with van der Waals surface area (Å²) in [5, 5.41) is 7.54. The van der Waals surface area contributed by atoms with Crippen LogP contribution in [0.2, 0.25) is 0 Å². The summed E-state index contributed by atoms with van der Waals surface area (Å²) in [6, 6.07) is 70.3. The molecule has 9 aromatic carbocycles. The predicted molar refractivity (Wildman–Crippen MR) is 228 cm³/mol. The number of para-hydroxylation sites is 1. The average molecular weight is 701 g/mol. The quantitative estimate of drug-likeness (QED) is 0.174. The Kier molecular flexibility index (Phi) is 6.51. The van der Waals surface area contributed by atoms with Crippen molar-refractivity contribution in [1.82, 2.24) is 0 Å². The van der Waals surface area contributed by atoms with Gasteiger partial charge in [-0.05, 0) is 132 Å². The van der Waals surface area contributed by atoms with E-state index < -0.39 is 5.41 Å². The molecule has 2 aliphatic rings. The first kappa shape index (κ1) is 30.7. The third-order valence-corrected chi connectivity index (χ3v) is 12.7. The predicted octanol–water partition coefficient (Wildman–Crippen LogP) is 13.8. The van der Waals surface area contributed by atoms with Crippen LogP contribution < -0.4 is 0 Å². The summed E-state index contributed by atoms with van der Waals surface area (Å²) in [4.78, 5) is 0. The highest BCUT2D eigenvalue weighted by Crippen LogP contribution is 2.64. The average Bonchev–Trinajstić information content (AvgIpc) is 3.86. The number of fused-ring (bicyclic) bond motifs is 16. The van der Waals surface area contributed by atoms with E-state index in [2.05, 4.69) is 182 Å². The number of benzene rings is 9. The first-order valence-electron chi connectivity index (χ1n) is 19.5. The Labute approximate surface area is 320 Å². The third kappa shape index (κ3) is 4.41. The van der Waals surface area contributed by atoms with E-state index in [1.807, 2.05) is 6.07 Å². The zero-order valence-electron chi connectivity index (χ0n) is 30.3. The van der Waals surface area contributed by atoms with Gasteiger partial charge in [-0.1, -0.05) is 158 Å². The Morgan fingerprint density at radius 3 is 1.89 bits per heavy atom. The molecule has 10 aromatic rings. The largest absolute Gasteiger partial charge is 0.456 e. The molecule has 0 amide bonds. The second-order valence-corrected chi connectivity index (χ2v) is 15.6. The fourth-order valence-electron chi connectivity index (χ4n) is 10.3. The molecule has 1 spiro atoms. The Balaban J connectivity index is 1.05. The number of furan rings is 1. The normalized spacial score (nSPS) is 15.8. The fourth-order valence-corrected chi connectivity index (χ4v) is 10.3. The number of rotatable bonds is 5. The molecule has 0 aliphatic heterocycles. The van der Waals surface area contributed by atoms with Gasteiger partial charge in [0.15, 0.2) is 0 Å². The second kappa shape index (κ2) is 11.6. The van der Waals surface area contributed by atoms with E-state index in [9.17, 15) is 0 Å². The van der Waals surface area contributed by atoms with Crippen LogP contribution in [0.25, 0.3) is 65.7 Å². The lowest BCUT2D eigenvalue weighted by molar-refractivity contribution is 0.666. The monoisotopic (exact) mass is 700 g/mol. The molecule has 2 aliphatic carbocycles. The summed E-state index contributed by atoms with van der Waals surface area (Å²) in [5.74, 6) is 0.297. The van der Waals surface area contributed by atoms with Crippen LogP contribution in [0.15, 0.2) is 192 Å². The zero-order chi connectivity index (χ0) is 36.1. The molecule has 0 bridgehead atoms. The minimum atomic E-state index is -0.420. The lowest BCUT2D eigenvalue weighted by Gasteiger charge is -2.31. The highest BCUT2D eigenvalue weighted by atomic mass is 16.3. The summed E-state index contributed by atoms with van der Waals surface area (Å²) in [7, 11) is 0. The number of hydrogen-bond donors (Lipinski definition) is 0. The molecule has 0 radical (unpaired) electrons. The van der Waals surface area contributed by atoms with E-state index in [0.717, 1.165) is 24.0 Å². The van der Waals surface area contributed by atoms with Gasteiger partial charge in [0, 0.05) is 10.8 Å². The van der Waals surface area contributed by atoms with Gasteiger partial charge in [-0.25, -0.2) is 0 Å². The molecule has 2 atom stereocenters. The Hall–Kier alpha value is -6.70. The van der Waals surface area contributed by atoms with Crippen LogP contribution in [0.3, 0.4) is 0 Å². The van der Waals surface area contributed by atoms with E-state index in [0.29, 0.717) is 5.92 Å². The molecule has 1 heteroatoms. The van der Waals surface area contributed by atoms with E-state index in [4.69, 9.17) is 4.42 Å². The maximum atomic E-state index is 6.21. The van der Waals surface area contributed by atoms with Crippen LogP contribution in [0, 0.1) is 0 Å². The molecule has 12 rings (SSSR count). The number of hydrogen-bond acceptors (Lipinski definition) is 1. The van der Waals surface area contributed by atoms with Crippen molar-refractivity contribution in [3.8, 4) is 22.3 Å². The second-order valence-electron chi connectivity index (χ2n) is 15.6. The van der Waals surface area contributed by atoms with Gasteiger partial charge in [0.05, 0.1) is 5.41 Å². The van der Waals surface area contributed by atoms with E-state index in [-0.39, 0.29) is 0 Å². The summed E-state index contributed by atoms with van der Waals surface area (Å²) in [6.07, 6.45) is 1.87. The maximum Gasteiger partial charge on any atom is 0.135 e. The van der Waals surface area contributed by atoms with Crippen LogP contribution in [0.1, 0.15) is 44.9 Å². The van der Waals surface area contributed by atoms with Crippen molar-refractivity contribution in [1.29, 1.82) is 0 Å². The molecule has 1 aromatic heterocycles. The van der Waals surface area contributed by atoms with Crippen molar-refractivity contribution in [2.24, 2.45) is 0 Å². The summed E-state index contributed by atoms with van der Waals surface area (Å²) >= 11 is 0. The lowest BCUT2D eigenvalue weighted by Crippen LogP contribution is -2.26. The fraction of sp³-hybridized carbons (Fsp3) is 0.0741. The maximum absolute atomic E-state index is 6.21. The van der Waals surface area contributed by atoms with Crippen molar-refractivity contribution in [3.63, 3.8) is 0 Å². The van der Waals surface area contributed by atoms with Gasteiger partial charge in [-0.3, -0.25) is 0 Å². The van der Waals surface area contributed by atoms with Crippen LogP contribution >= 0.6 is 0 Å². The van der Waals surface area contributed by atoms with Crippen LogP contribution in [0.5, 0.6) is 0 Å². The smallest absolute Gasteiger partial charge is 0.135 e. The molecule has 1 nitrogen and oxygen atoms in total. The molecular weight excluding hydrogens is 665 g/mol. The summed E-state index contributed by atoms with van der Waals surface area (Å²) in [6.45, 7) is 0. The molecule has 2 unspecified atom stereocenters. The minimum Gasteiger partial charge on any atom is -0.456 e. The summed E-state index contributed by atoms with van der Waals surface area (Å²) < 4.78 is 6.21. The third-order valence-electron chi connectivity index (χ3n) is 12.7. The zero-order valence-corrected chi connectivity index (χ0v) is 30.3. The van der Waals surface area contributed by atoms with Crippen molar-refractivity contribution < 1.29 is 4.42 Å². The van der Waals surface area contributed by atoms with E-state index in [1.165, 1.54) is 93.5 Å². The van der Waals surface area contributed by atoms with Crippen LogP contribution in [-0.2, 0) is 18.3 Å². The molecular formula is C54H36O. The van der Waals surface area contributed by atoms with Gasteiger partial charge >= 0.3 is 0 Å². The van der Waals surface area contributed by atoms with Gasteiger partial charge in [0.2, 0.25) is 0 Å². The lowest BCUT2D eigenvalue weighted by atomic mass is 9.69. The van der Waals surface area contributed by atoms with Crippen molar-refractivity contribution >= 4 is 43.5 Å². The molecule has 0 N–H and O–H groups in total. The van der Waals surface area contributed by atoms with E-state index in [1.54, 1.807) is 0 Å². The molecule has 0 saturated heterocycles. The summed E-state index contributed by atoms with van der Waals surface area (Å²) in [5.41, 5.74) is 16.5. The molecule has 55 heavy (non-hydrogen) atoms. The van der Waals surface area contributed by atoms with Gasteiger partial charge < -0.3 is 4.42 Å². The van der Waals surface area contributed by atoms with Gasteiger partial charge in [0.1, 0.15) is 11.2 Å². The topological polar surface area (TPSA) is 13.1 Å². The Morgan fingerprint density at radius 2 is 1.02 bits per heavy atom. The highest BCUT2D eigenvalue weighted by molar-refractivity contribution is 6.09. The molecule has 258 valence electrons. The first-order valence-corrected chi connectivity index (χ1v) is 19.5. The van der Waals surface area contributed by atoms with Gasteiger partial charge in [-0.15, -0.1) is 0 Å². The Morgan fingerprint density at radius 1 is 0.382 bits per heavy atom. The standard InChI is InChI=1S/C54H36O/c1-2-12-36(13-3-1)40(28-34-23-27-52-45(30-34)44-19-9-11-21-51(44)55-52)29-35-22-25-43-42-18-8-10-20-47(42)54(49(43)31-35)48-26-24-37-14-6-7-17-41(37)53(48)46-32-38-15-4-5-16-39(38)33-50(46)54/h1-27,30-33,40H,28-29H2. The van der Waals surface area contributed by atoms with Crippen molar-refractivity contribution in [2.75, 3.05) is 0 Å². The van der Waals surface area contributed by atoms with Crippen molar-refractivity contribution in [2.45, 2.75) is 24.2 Å². The van der Waals surface area contributed by atoms with Gasteiger partial charge in [-0.2, -0.15) is 0 Å². The van der Waals surface area contributed by atoms with E-state index >= 15 is 0 Å². The molecule has 1 heterocycles. The van der Waals surface area contributed by atoms with Gasteiger partial charge in [0.25, 0.3) is 0 Å².